The Bertz CT molecular complexity index is 1170. The van der Waals surface area contributed by atoms with Crippen molar-refractivity contribution in [2.45, 2.75) is 17.4 Å². The van der Waals surface area contributed by atoms with Crippen LogP contribution in [-0.4, -0.2) is 43.4 Å². The van der Waals surface area contributed by atoms with Crippen LogP contribution in [0.4, 0.5) is 10.1 Å². The van der Waals surface area contributed by atoms with Crippen molar-refractivity contribution in [2.75, 3.05) is 11.9 Å². The van der Waals surface area contributed by atoms with Gasteiger partial charge in [0.05, 0.1) is 12.2 Å². The normalized spacial score (nSPS) is 11.8. The van der Waals surface area contributed by atoms with Crippen LogP contribution >= 0.6 is 0 Å². The minimum Gasteiger partial charge on any atom is -0.490 e. The summed E-state index contributed by atoms with van der Waals surface area (Å²) < 4.78 is 47.7. The molecule has 2 rings (SSSR count). The van der Waals surface area contributed by atoms with Gasteiger partial charge in [0.15, 0.2) is 11.4 Å². The number of aryl methyl sites for hydroxylation is 1. The van der Waals surface area contributed by atoms with Crippen LogP contribution in [0.2, 0.25) is 0 Å². The maximum atomic E-state index is 13.5. The molecule has 30 heavy (non-hydrogen) atoms. The maximum absolute atomic E-state index is 13.5. The van der Waals surface area contributed by atoms with Crippen molar-refractivity contribution in [3.05, 3.63) is 41.5 Å². The first kappa shape index (κ1) is 22.6. The molecule has 0 saturated carbocycles. The molecule has 2 N–H and O–H groups in total. The third kappa shape index (κ3) is 4.84. The first-order chi connectivity index (χ1) is 14.1. The number of nitrogens with zero attached hydrogens (tertiary/aromatic N) is 3. The van der Waals surface area contributed by atoms with Gasteiger partial charge in [-0.05, 0) is 18.2 Å². The molecular weight excluding hydrogens is 415 g/mol. The second-order valence-electron chi connectivity index (χ2n) is 5.97. The smallest absolute Gasteiger partial charge is 0.286 e. The van der Waals surface area contributed by atoms with Crippen LogP contribution in [-0.2, 0) is 17.1 Å². The van der Waals surface area contributed by atoms with Gasteiger partial charge in [-0.2, -0.15) is 18.1 Å². The number of hydrogen-bond acceptors (Lipinski definition) is 6. The highest BCUT2D eigenvalue weighted by molar-refractivity contribution is 7.90. The highest BCUT2D eigenvalue weighted by Gasteiger charge is 2.29. The Morgan fingerprint density at radius 3 is 2.83 bits per heavy atom. The van der Waals surface area contributed by atoms with E-state index in [0.29, 0.717) is 0 Å². The van der Waals surface area contributed by atoms with E-state index in [1.165, 1.54) is 17.7 Å². The second-order valence-corrected chi connectivity index (χ2v) is 7.61. The number of halogens is 1. The molecule has 0 aliphatic heterocycles. The monoisotopic (exact) mass is 432 g/mol. The molecule has 0 aliphatic carbocycles. The molecule has 0 radical (unpaired) electrons. The average Bonchev–Trinajstić information content (AvgIpc) is 3.06. The molecule has 0 aliphatic rings. The number of nitrogens with one attached hydrogen (secondary N) is 1. The lowest BCUT2D eigenvalue weighted by Crippen LogP contribution is -2.18. The van der Waals surface area contributed by atoms with E-state index in [4.69, 9.17) is 16.4 Å². The molecule has 1 aromatic carbocycles. The van der Waals surface area contributed by atoms with Gasteiger partial charge in [0, 0.05) is 32.1 Å². The molecule has 1 aromatic heterocycles. The Balaban J connectivity index is 2.45. The van der Waals surface area contributed by atoms with Crippen molar-refractivity contribution < 1.29 is 27.4 Å². The van der Waals surface area contributed by atoms with Crippen LogP contribution in [0.3, 0.4) is 0 Å². The molecule has 1 atom stereocenters. The van der Waals surface area contributed by atoms with Crippen molar-refractivity contribution in [1.82, 2.24) is 4.57 Å². The van der Waals surface area contributed by atoms with Crippen LogP contribution in [0, 0.1) is 29.5 Å². The minimum absolute atomic E-state index is 0.0169. The third-order valence-electron chi connectivity index (χ3n) is 3.94. The molecule has 0 fully saturated rings. The quantitative estimate of drug-likeness (QED) is 0.479. The van der Waals surface area contributed by atoms with Gasteiger partial charge in [-0.1, -0.05) is 5.92 Å². The standard InChI is InChI=1S/C19H17FN4O5S/c1-4-14(25)7-8-29-18-16(30(27,28)22-2)11-24(3)17(18)19(26)23-13-5-6-15(20)12(9-13)10-21/h1,5-6,9,11,14,25H,2,7-8H2,3H3,(H,23,26)/t14-/m1/s1. The predicted octanol–water partition coefficient (Wildman–Crippen LogP) is 1.44. The number of hydrogen-bond donors (Lipinski definition) is 2. The molecule has 9 nitrogen and oxygen atoms in total. The zero-order valence-corrected chi connectivity index (χ0v) is 16.6. The van der Waals surface area contributed by atoms with Crippen molar-refractivity contribution in [2.24, 2.45) is 11.4 Å². The number of carbonyl (C=O) groups is 1. The largest absolute Gasteiger partial charge is 0.490 e. The van der Waals surface area contributed by atoms with Crippen molar-refractivity contribution in [1.29, 1.82) is 5.26 Å². The summed E-state index contributed by atoms with van der Waals surface area (Å²) in [5.74, 6) is 0.234. The van der Waals surface area contributed by atoms with Crippen molar-refractivity contribution in [3.8, 4) is 24.2 Å². The van der Waals surface area contributed by atoms with Crippen LogP contribution in [0.15, 0.2) is 33.7 Å². The Labute approximate surface area is 172 Å². The summed E-state index contributed by atoms with van der Waals surface area (Å²) in [6.07, 6.45) is 5.07. The summed E-state index contributed by atoms with van der Waals surface area (Å²) in [5, 5.41) is 20.8. The van der Waals surface area contributed by atoms with Crippen LogP contribution in [0.5, 0.6) is 5.75 Å². The molecular formula is C19H17FN4O5S. The molecule has 11 heteroatoms. The Hall–Kier alpha value is -3.67. The number of ether oxygens (including phenoxy) is 1. The summed E-state index contributed by atoms with van der Waals surface area (Å²) in [4.78, 5) is 12.4. The van der Waals surface area contributed by atoms with E-state index in [9.17, 15) is 22.7 Å². The Morgan fingerprint density at radius 2 is 2.23 bits per heavy atom. The molecule has 156 valence electrons. The summed E-state index contributed by atoms with van der Waals surface area (Å²) in [6.45, 7) is 2.82. The van der Waals surface area contributed by atoms with Gasteiger partial charge < -0.3 is 19.7 Å². The lowest BCUT2D eigenvalue weighted by atomic mass is 10.2. The van der Waals surface area contributed by atoms with E-state index in [-0.39, 0.29) is 35.7 Å². The fourth-order valence-corrected chi connectivity index (χ4v) is 3.29. The fraction of sp³-hybridized carbons (Fsp3) is 0.211. The SMILES string of the molecule is C#C[C@@H](O)CCOc1c(S(=O)(=O)N=C)cn(C)c1C(=O)Nc1ccc(F)c(C#N)c1. The lowest BCUT2D eigenvalue weighted by Gasteiger charge is -2.12. The Morgan fingerprint density at radius 1 is 1.53 bits per heavy atom. The van der Waals surface area contributed by atoms with Crippen LogP contribution < -0.4 is 10.1 Å². The number of aromatic nitrogens is 1. The number of carbonyl (C=O) groups excluding carboxylic acids is 1. The van der Waals surface area contributed by atoms with Gasteiger partial charge in [-0.15, -0.1) is 6.42 Å². The summed E-state index contributed by atoms with van der Waals surface area (Å²) in [5.41, 5.74) is -0.354. The number of terminal acetylenes is 1. The summed E-state index contributed by atoms with van der Waals surface area (Å²) >= 11 is 0. The Kier molecular flexibility index (Phi) is 6.95. The van der Waals surface area contributed by atoms with Crippen molar-refractivity contribution >= 4 is 28.3 Å². The fourth-order valence-electron chi connectivity index (χ4n) is 2.47. The van der Waals surface area contributed by atoms with Gasteiger partial charge in [0.1, 0.15) is 22.9 Å². The van der Waals surface area contributed by atoms with Gasteiger partial charge in [0.2, 0.25) is 0 Å². The lowest BCUT2D eigenvalue weighted by molar-refractivity contribution is 0.101. The first-order valence-electron chi connectivity index (χ1n) is 8.35. The molecule has 0 spiro atoms. The molecule has 0 unspecified atom stereocenters. The molecule has 0 saturated heterocycles. The second kappa shape index (κ2) is 9.22. The van der Waals surface area contributed by atoms with Gasteiger partial charge >= 0.3 is 0 Å². The van der Waals surface area contributed by atoms with Crippen molar-refractivity contribution in [3.63, 3.8) is 0 Å². The molecule has 2 aromatic rings. The molecule has 1 amide bonds. The van der Waals surface area contributed by atoms with Gasteiger partial charge in [-0.25, -0.2) is 4.39 Å². The zero-order chi connectivity index (χ0) is 22.5. The van der Waals surface area contributed by atoms with E-state index in [2.05, 4.69) is 22.4 Å². The van der Waals surface area contributed by atoms with Crippen LogP contribution in [0.1, 0.15) is 22.5 Å². The topological polar surface area (TPSA) is 134 Å². The summed E-state index contributed by atoms with van der Waals surface area (Å²) in [7, 11) is -2.81. The number of anilines is 1. The summed E-state index contributed by atoms with van der Waals surface area (Å²) in [6, 6.07) is 5.03. The average molecular weight is 432 g/mol. The third-order valence-corrected chi connectivity index (χ3v) is 5.13. The number of amides is 1. The maximum Gasteiger partial charge on any atom is 0.286 e. The number of sulfonamides is 1. The zero-order valence-electron chi connectivity index (χ0n) is 15.8. The van der Waals surface area contributed by atoms with E-state index in [1.54, 1.807) is 6.07 Å². The number of nitriles is 1. The van der Waals surface area contributed by atoms with E-state index < -0.39 is 32.7 Å². The molecule has 0 bridgehead atoms. The number of aliphatic hydroxyl groups is 1. The number of benzene rings is 1. The minimum atomic E-state index is -4.22. The number of rotatable bonds is 8. The number of aliphatic hydroxyl groups excluding tert-OH is 1. The van der Waals surface area contributed by atoms with Gasteiger partial charge in [0.25, 0.3) is 15.9 Å². The van der Waals surface area contributed by atoms with Crippen LogP contribution in [0.25, 0.3) is 0 Å². The van der Waals surface area contributed by atoms with Gasteiger partial charge in [-0.3, -0.25) is 4.79 Å². The van der Waals surface area contributed by atoms with E-state index >= 15 is 0 Å². The van der Waals surface area contributed by atoms with E-state index in [1.807, 2.05) is 0 Å². The highest BCUT2D eigenvalue weighted by atomic mass is 32.2. The first-order valence-corrected chi connectivity index (χ1v) is 9.79. The highest BCUT2D eigenvalue weighted by Crippen LogP contribution is 2.32. The predicted molar refractivity (Wildman–Crippen MR) is 106 cm³/mol. The van der Waals surface area contributed by atoms with E-state index in [0.717, 1.165) is 18.3 Å². The molecule has 1 heterocycles.